The van der Waals surface area contributed by atoms with Crippen LogP contribution in [0.15, 0.2) is 21.3 Å². The lowest BCUT2D eigenvalue weighted by atomic mass is 9.96. The maximum Gasteiger partial charge on any atom is 0.250 e. The van der Waals surface area contributed by atoms with E-state index < -0.39 is 10.0 Å². The highest BCUT2D eigenvalue weighted by molar-refractivity contribution is 7.91. The number of hydrogen-bond acceptors (Lipinski definition) is 4. The van der Waals surface area contributed by atoms with Crippen LogP contribution >= 0.6 is 22.9 Å². The molecule has 0 spiro atoms. The first-order chi connectivity index (χ1) is 11.0. The molecule has 0 amide bonds. The minimum Gasteiger partial charge on any atom is -0.355 e. The Hall–Kier alpha value is -0.830. The first-order valence-electron chi connectivity index (χ1n) is 7.73. The summed E-state index contributed by atoms with van der Waals surface area (Å²) in [5, 5.41) is 6.52. The van der Waals surface area contributed by atoms with Crippen molar-refractivity contribution in [3.63, 3.8) is 0 Å². The molecule has 1 aromatic heterocycles. The Morgan fingerprint density at radius 1 is 1.30 bits per heavy atom. The highest BCUT2D eigenvalue weighted by Gasteiger charge is 2.16. The molecule has 1 fully saturated rings. The first kappa shape index (κ1) is 18.5. The number of halogens is 1. The maximum absolute atomic E-state index is 12.0. The van der Waals surface area contributed by atoms with Crippen LogP contribution in [-0.2, 0) is 10.0 Å². The van der Waals surface area contributed by atoms with Crippen LogP contribution < -0.4 is 15.4 Å². The summed E-state index contributed by atoms with van der Waals surface area (Å²) < 4.78 is 27.3. The third-order valence-corrected chi connectivity index (χ3v) is 6.88. The van der Waals surface area contributed by atoms with Crippen molar-refractivity contribution in [2.24, 2.45) is 4.99 Å². The van der Waals surface area contributed by atoms with Crippen LogP contribution in [0.1, 0.15) is 32.1 Å². The van der Waals surface area contributed by atoms with Gasteiger partial charge in [-0.2, -0.15) is 0 Å². The molecule has 23 heavy (non-hydrogen) atoms. The Morgan fingerprint density at radius 2 is 2.04 bits per heavy atom. The Balaban J connectivity index is 1.73. The van der Waals surface area contributed by atoms with Gasteiger partial charge in [-0.25, -0.2) is 13.1 Å². The van der Waals surface area contributed by atoms with Crippen molar-refractivity contribution in [3.8, 4) is 0 Å². The molecule has 1 aliphatic carbocycles. The molecule has 1 aromatic rings. The summed E-state index contributed by atoms with van der Waals surface area (Å²) >= 11 is 6.82. The number of thiophene rings is 1. The number of nitrogens with zero attached hydrogens (tertiary/aromatic N) is 1. The molecule has 0 aromatic carbocycles. The van der Waals surface area contributed by atoms with Crippen molar-refractivity contribution >= 4 is 38.9 Å². The second-order valence-electron chi connectivity index (χ2n) is 5.43. The van der Waals surface area contributed by atoms with Crippen LogP contribution in [0.3, 0.4) is 0 Å². The summed E-state index contributed by atoms with van der Waals surface area (Å²) in [7, 11) is -1.77. The van der Waals surface area contributed by atoms with Crippen LogP contribution in [0.4, 0.5) is 0 Å². The Labute approximate surface area is 146 Å². The molecule has 1 heterocycles. The molecule has 2 rings (SSSR count). The SMILES string of the molecule is CN=C(NCCNS(=O)(=O)c1ccc(Cl)s1)NC1CCCCC1. The molecule has 0 unspecified atom stereocenters. The molecule has 0 atom stereocenters. The molecule has 0 radical (unpaired) electrons. The number of rotatable bonds is 6. The van der Waals surface area contributed by atoms with Gasteiger partial charge >= 0.3 is 0 Å². The average molecular weight is 379 g/mol. The van der Waals surface area contributed by atoms with E-state index in [1.807, 2.05) is 0 Å². The number of aliphatic imine (C=N–C) groups is 1. The van der Waals surface area contributed by atoms with E-state index in [1.54, 1.807) is 13.1 Å². The van der Waals surface area contributed by atoms with Crippen molar-refractivity contribution in [1.29, 1.82) is 0 Å². The molecule has 3 N–H and O–H groups in total. The lowest BCUT2D eigenvalue weighted by Gasteiger charge is -2.24. The van der Waals surface area contributed by atoms with E-state index in [-0.39, 0.29) is 10.8 Å². The molecule has 1 aliphatic rings. The minimum atomic E-state index is -3.49. The summed E-state index contributed by atoms with van der Waals surface area (Å²) in [4.78, 5) is 4.18. The molecular formula is C14H23ClN4O2S2. The predicted molar refractivity (Wildman–Crippen MR) is 95.9 cm³/mol. The second kappa shape index (κ2) is 8.86. The summed E-state index contributed by atoms with van der Waals surface area (Å²) in [5.74, 6) is 0.718. The fourth-order valence-electron chi connectivity index (χ4n) is 2.51. The van der Waals surface area contributed by atoms with Crippen LogP contribution in [0, 0.1) is 0 Å². The van der Waals surface area contributed by atoms with Crippen LogP contribution in [-0.4, -0.2) is 40.6 Å². The standard InChI is InChI=1S/C14H23ClN4O2S2/c1-16-14(19-11-5-3-2-4-6-11)17-9-10-18-23(20,21)13-8-7-12(15)22-13/h7-8,11,18H,2-6,9-10H2,1H3,(H2,16,17,19). The van der Waals surface area contributed by atoms with Gasteiger partial charge in [-0.05, 0) is 25.0 Å². The molecule has 130 valence electrons. The second-order valence-corrected chi connectivity index (χ2v) is 9.14. The lowest BCUT2D eigenvalue weighted by molar-refractivity contribution is 0.410. The van der Waals surface area contributed by atoms with Gasteiger partial charge in [-0.15, -0.1) is 11.3 Å². The van der Waals surface area contributed by atoms with Gasteiger partial charge in [0.05, 0.1) is 4.34 Å². The molecule has 1 saturated carbocycles. The number of sulfonamides is 1. The molecule has 0 saturated heterocycles. The third kappa shape index (κ3) is 5.95. The largest absolute Gasteiger partial charge is 0.355 e. The Morgan fingerprint density at radius 3 is 2.65 bits per heavy atom. The zero-order chi connectivity index (χ0) is 16.7. The maximum atomic E-state index is 12.0. The summed E-state index contributed by atoms with van der Waals surface area (Å²) in [5.41, 5.74) is 0. The van der Waals surface area contributed by atoms with E-state index in [0.717, 1.165) is 30.1 Å². The molecule has 0 bridgehead atoms. The van der Waals surface area contributed by atoms with Gasteiger partial charge in [0, 0.05) is 26.2 Å². The zero-order valence-electron chi connectivity index (χ0n) is 13.1. The van der Waals surface area contributed by atoms with E-state index in [2.05, 4.69) is 20.3 Å². The normalized spacial score (nSPS) is 17.2. The van der Waals surface area contributed by atoms with E-state index in [9.17, 15) is 8.42 Å². The van der Waals surface area contributed by atoms with Crippen molar-refractivity contribution in [2.45, 2.75) is 42.4 Å². The van der Waals surface area contributed by atoms with Gasteiger partial charge < -0.3 is 10.6 Å². The molecule has 6 nitrogen and oxygen atoms in total. The fourth-order valence-corrected chi connectivity index (χ4v) is 5.07. The van der Waals surface area contributed by atoms with Crippen molar-refractivity contribution in [3.05, 3.63) is 16.5 Å². The van der Waals surface area contributed by atoms with Crippen LogP contribution in [0.2, 0.25) is 4.34 Å². The molecule has 9 heteroatoms. The predicted octanol–water partition coefficient (Wildman–Crippen LogP) is 2.18. The summed E-state index contributed by atoms with van der Waals surface area (Å²) in [6, 6.07) is 3.54. The van der Waals surface area contributed by atoms with Gasteiger partial charge in [0.25, 0.3) is 0 Å². The first-order valence-corrected chi connectivity index (χ1v) is 10.4. The average Bonchev–Trinajstić information content (AvgIpc) is 2.99. The lowest BCUT2D eigenvalue weighted by Crippen LogP contribution is -2.46. The van der Waals surface area contributed by atoms with E-state index in [1.165, 1.54) is 25.3 Å². The number of nitrogens with one attached hydrogen (secondary N) is 3. The number of guanidine groups is 1. The van der Waals surface area contributed by atoms with Gasteiger partial charge in [0.2, 0.25) is 10.0 Å². The van der Waals surface area contributed by atoms with E-state index in [0.29, 0.717) is 16.9 Å². The van der Waals surface area contributed by atoms with Crippen molar-refractivity contribution in [2.75, 3.05) is 20.1 Å². The highest BCUT2D eigenvalue weighted by Crippen LogP contribution is 2.25. The van der Waals surface area contributed by atoms with Crippen LogP contribution in [0.25, 0.3) is 0 Å². The van der Waals surface area contributed by atoms with Crippen molar-refractivity contribution < 1.29 is 8.42 Å². The molecule has 0 aliphatic heterocycles. The van der Waals surface area contributed by atoms with Crippen molar-refractivity contribution in [1.82, 2.24) is 15.4 Å². The van der Waals surface area contributed by atoms with Gasteiger partial charge in [-0.3, -0.25) is 4.99 Å². The van der Waals surface area contributed by atoms with Crippen LogP contribution in [0.5, 0.6) is 0 Å². The summed E-state index contributed by atoms with van der Waals surface area (Å²) in [6.45, 7) is 0.744. The smallest absolute Gasteiger partial charge is 0.250 e. The Bertz CT molecular complexity index is 624. The summed E-state index contributed by atoms with van der Waals surface area (Å²) in [6.07, 6.45) is 6.12. The minimum absolute atomic E-state index is 0.229. The fraction of sp³-hybridized carbons (Fsp3) is 0.643. The Kier molecular flexibility index (Phi) is 7.13. The van der Waals surface area contributed by atoms with E-state index >= 15 is 0 Å². The van der Waals surface area contributed by atoms with Gasteiger partial charge in [-0.1, -0.05) is 30.9 Å². The van der Waals surface area contributed by atoms with E-state index in [4.69, 9.17) is 11.6 Å². The highest BCUT2D eigenvalue weighted by atomic mass is 35.5. The number of hydrogen-bond donors (Lipinski definition) is 3. The van der Waals surface area contributed by atoms with Gasteiger partial charge in [0.1, 0.15) is 4.21 Å². The van der Waals surface area contributed by atoms with Gasteiger partial charge in [0.15, 0.2) is 5.96 Å². The third-order valence-electron chi connectivity index (χ3n) is 3.69. The quantitative estimate of drug-likeness (QED) is 0.402. The zero-order valence-corrected chi connectivity index (χ0v) is 15.5. The monoisotopic (exact) mass is 378 g/mol. The molecular weight excluding hydrogens is 356 g/mol. The topological polar surface area (TPSA) is 82.6 Å².